The number of nitrogens with one attached hydrogen (secondary N) is 1. The number of hydrogen-bond acceptors (Lipinski definition) is 3. The average Bonchev–Trinajstić information content (AvgIpc) is 2.49. The van der Waals surface area contributed by atoms with Crippen LogP contribution in [0.4, 0.5) is 5.82 Å². The third kappa shape index (κ3) is 3.66. The van der Waals surface area contributed by atoms with Crippen molar-refractivity contribution in [3.8, 4) is 11.3 Å². The Bertz CT molecular complexity index is 642. The topological polar surface area (TPSA) is 37.8 Å². The van der Waals surface area contributed by atoms with E-state index in [2.05, 4.69) is 22.2 Å². The van der Waals surface area contributed by atoms with Gasteiger partial charge in [0, 0.05) is 29.1 Å². The van der Waals surface area contributed by atoms with E-state index < -0.39 is 0 Å². The molecule has 1 heterocycles. The highest BCUT2D eigenvalue weighted by Gasteiger charge is 2.14. The summed E-state index contributed by atoms with van der Waals surface area (Å²) in [6, 6.07) is 5.43. The van der Waals surface area contributed by atoms with Gasteiger partial charge in [0.15, 0.2) is 0 Å². The maximum absolute atomic E-state index is 6.32. The Morgan fingerprint density at radius 1 is 1.14 bits per heavy atom. The number of benzene rings is 1. The number of halogens is 2. The molecule has 0 aliphatic carbocycles. The zero-order valence-corrected chi connectivity index (χ0v) is 14.0. The normalized spacial score (nSPS) is 10.7. The molecule has 0 saturated heterocycles. The second-order valence-corrected chi connectivity index (χ2v) is 5.71. The largest absolute Gasteiger partial charge is 0.370 e. The SMILES string of the molecule is CCCNc1nc(CC)nc(-c2cc(Cl)ccc2Cl)c1C. The third-order valence-corrected chi connectivity index (χ3v) is 3.80. The fraction of sp³-hybridized carbons (Fsp3) is 0.375. The first-order valence-corrected chi connectivity index (χ1v) is 7.89. The van der Waals surface area contributed by atoms with E-state index in [9.17, 15) is 0 Å². The van der Waals surface area contributed by atoms with Crippen molar-refractivity contribution in [2.75, 3.05) is 11.9 Å². The Kier molecular flexibility index (Phi) is 5.43. The van der Waals surface area contributed by atoms with E-state index in [0.717, 1.165) is 47.8 Å². The molecule has 0 amide bonds. The minimum Gasteiger partial charge on any atom is -0.370 e. The van der Waals surface area contributed by atoms with Gasteiger partial charge in [-0.3, -0.25) is 0 Å². The second-order valence-electron chi connectivity index (χ2n) is 4.87. The number of hydrogen-bond donors (Lipinski definition) is 1. The molecular weight excluding hydrogens is 305 g/mol. The zero-order valence-electron chi connectivity index (χ0n) is 12.5. The van der Waals surface area contributed by atoms with Crippen LogP contribution in [0, 0.1) is 6.92 Å². The van der Waals surface area contributed by atoms with Crippen LogP contribution in [0.2, 0.25) is 10.0 Å². The van der Waals surface area contributed by atoms with Gasteiger partial charge in [0.2, 0.25) is 0 Å². The Morgan fingerprint density at radius 3 is 2.57 bits per heavy atom. The lowest BCUT2D eigenvalue weighted by molar-refractivity contribution is 0.911. The second kappa shape index (κ2) is 7.10. The fourth-order valence-electron chi connectivity index (χ4n) is 2.08. The van der Waals surface area contributed by atoms with E-state index in [1.54, 1.807) is 12.1 Å². The molecule has 0 bridgehead atoms. The number of anilines is 1. The lowest BCUT2D eigenvalue weighted by atomic mass is 10.1. The average molecular weight is 324 g/mol. The summed E-state index contributed by atoms with van der Waals surface area (Å²) >= 11 is 12.4. The molecule has 21 heavy (non-hydrogen) atoms. The van der Waals surface area contributed by atoms with Gasteiger partial charge >= 0.3 is 0 Å². The molecule has 112 valence electrons. The smallest absolute Gasteiger partial charge is 0.133 e. The van der Waals surface area contributed by atoms with Crippen molar-refractivity contribution >= 4 is 29.0 Å². The monoisotopic (exact) mass is 323 g/mol. The molecule has 0 saturated carbocycles. The summed E-state index contributed by atoms with van der Waals surface area (Å²) in [5, 5.41) is 4.64. The molecule has 1 N–H and O–H groups in total. The molecule has 0 fully saturated rings. The van der Waals surface area contributed by atoms with Gasteiger partial charge in [-0.2, -0.15) is 0 Å². The maximum atomic E-state index is 6.32. The Balaban J connectivity index is 2.58. The van der Waals surface area contributed by atoms with E-state index in [1.807, 2.05) is 19.9 Å². The first kappa shape index (κ1) is 16.1. The van der Waals surface area contributed by atoms with Gasteiger partial charge in [0.05, 0.1) is 10.7 Å². The summed E-state index contributed by atoms with van der Waals surface area (Å²) in [5.41, 5.74) is 2.68. The van der Waals surface area contributed by atoms with E-state index in [4.69, 9.17) is 23.2 Å². The van der Waals surface area contributed by atoms with Crippen molar-refractivity contribution in [2.24, 2.45) is 0 Å². The molecular formula is C16H19Cl2N3. The first-order chi connectivity index (χ1) is 10.1. The van der Waals surface area contributed by atoms with Gasteiger partial charge in [-0.15, -0.1) is 0 Å². The summed E-state index contributed by atoms with van der Waals surface area (Å²) in [6.45, 7) is 7.05. The van der Waals surface area contributed by atoms with E-state index in [-0.39, 0.29) is 0 Å². The van der Waals surface area contributed by atoms with Crippen molar-refractivity contribution in [1.29, 1.82) is 0 Å². The molecule has 2 aromatic rings. The predicted octanol–water partition coefficient (Wildman–Crippen LogP) is 5.14. The molecule has 3 nitrogen and oxygen atoms in total. The molecule has 0 spiro atoms. The van der Waals surface area contributed by atoms with Crippen molar-refractivity contribution < 1.29 is 0 Å². The van der Waals surface area contributed by atoms with Crippen LogP contribution in [0.25, 0.3) is 11.3 Å². The highest BCUT2D eigenvalue weighted by Crippen LogP contribution is 2.33. The van der Waals surface area contributed by atoms with Gasteiger partial charge in [-0.25, -0.2) is 9.97 Å². The van der Waals surface area contributed by atoms with E-state index in [0.29, 0.717) is 10.0 Å². The van der Waals surface area contributed by atoms with Crippen molar-refractivity contribution in [3.05, 3.63) is 39.6 Å². The van der Waals surface area contributed by atoms with Crippen molar-refractivity contribution in [1.82, 2.24) is 9.97 Å². The van der Waals surface area contributed by atoms with Crippen LogP contribution in [0.3, 0.4) is 0 Å². The lowest BCUT2D eigenvalue weighted by Crippen LogP contribution is -2.08. The zero-order chi connectivity index (χ0) is 15.4. The van der Waals surface area contributed by atoms with Gasteiger partial charge in [0.1, 0.15) is 11.6 Å². The highest BCUT2D eigenvalue weighted by molar-refractivity contribution is 6.35. The molecule has 0 atom stereocenters. The summed E-state index contributed by atoms with van der Waals surface area (Å²) < 4.78 is 0. The van der Waals surface area contributed by atoms with Crippen LogP contribution in [0.1, 0.15) is 31.7 Å². The van der Waals surface area contributed by atoms with Crippen LogP contribution in [-0.4, -0.2) is 16.5 Å². The van der Waals surface area contributed by atoms with Crippen molar-refractivity contribution in [2.45, 2.75) is 33.6 Å². The molecule has 0 aliphatic heterocycles. The molecule has 1 aromatic heterocycles. The highest BCUT2D eigenvalue weighted by atomic mass is 35.5. The van der Waals surface area contributed by atoms with Crippen LogP contribution in [0.5, 0.6) is 0 Å². The molecule has 1 aromatic carbocycles. The Hall–Kier alpha value is -1.32. The minimum atomic E-state index is 0.643. The molecule has 0 radical (unpaired) electrons. The van der Waals surface area contributed by atoms with Gasteiger partial charge in [-0.1, -0.05) is 37.0 Å². The van der Waals surface area contributed by atoms with E-state index in [1.165, 1.54) is 0 Å². The van der Waals surface area contributed by atoms with Crippen LogP contribution in [-0.2, 0) is 6.42 Å². The molecule has 2 rings (SSSR count). The van der Waals surface area contributed by atoms with Crippen LogP contribution in [0.15, 0.2) is 18.2 Å². The standard InChI is InChI=1S/C16H19Cl2N3/c1-4-8-19-16-10(3)15(20-14(5-2)21-16)12-9-11(17)6-7-13(12)18/h6-7,9H,4-5,8H2,1-3H3,(H,19,20,21). The predicted molar refractivity (Wildman–Crippen MR) is 90.4 cm³/mol. The molecule has 0 unspecified atom stereocenters. The third-order valence-electron chi connectivity index (χ3n) is 3.23. The van der Waals surface area contributed by atoms with Gasteiger partial charge in [0.25, 0.3) is 0 Å². The van der Waals surface area contributed by atoms with E-state index >= 15 is 0 Å². The quantitative estimate of drug-likeness (QED) is 0.827. The number of nitrogens with zero attached hydrogens (tertiary/aromatic N) is 2. The van der Waals surface area contributed by atoms with Crippen LogP contribution < -0.4 is 5.32 Å². The lowest BCUT2D eigenvalue weighted by Gasteiger charge is -2.14. The number of aryl methyl sites for hydroxylation is 1. The van der Waals surface area contributed by atoms with Crippen molar-refractivity contribution in [3.63, 3.8) is 0 Å². The maximum Gasteiger partial charge on any atom is 0.133 e. The number of rotatable bonds is 5. The first-order valence-electron chi connectivity index (χ1n) is 7.13. The summed E-state index contributed by atoms with van der Waals surface area (Å²) in [4.78, 5) is 9.21. The molecule has 5 heteroatoms. The summed E-state index contributed by atoms with van der Waals surface area (Å²) in [6.07, 6.45) is 1.81. The van der Waals surface area contributed by atoms with Crippen LogP contribution >= 0.6 is 23.2 Å². The summed E-state index contributed by atoms with van der Waals surface area (Å²) in [7, 11) is 0. The summed E-state index contributed by atoms with van der Waals surface area (Å²) in [5.74, 6) is 1.67. The minimum absolute atomic E-state index is 0.643. The molecule has 0 aliphatic rings. The Morgan fingerprint density at radius 2 is 1.90 bits per heavy atom. The van der Waals surface area contributed by atoms with Gasteiger partial charge < -0.3 is 5.32 Å². The fourth-order valence-corrected chi connectivity index (χ4v) is 2.46. The number of aromatic nitrogens is 2. The van der Waals surface area contributed by atoms with Gasteiger partial charge in [-0.05, 0) is 31.5 Å². The Labute approximate surface area is 135 Å².